The molecule has 4 aliphatic carbocycles. The molecule has 0 N–H and O–H groups in total. The minimum absolute atomic E-state index is 0.0667. The standard InChI is InChI=1S/C54H68N2S4/c1-27-24-25-37-36-18-12-15-21-40(36)55(43(37)26-27)44-50-52(59-48-34(8)30(4)28(2)32(6)46(48)57-50)45(53-51(44)58-47-33(7)29(3)31(5)35(9)49(47)60-53)56-41-22-16-13-19-38(41)54(10,11)39-20-14-17-23-42(39)56/h12-23,25-35,44-53H,24H2,1-11H3. The summed E-state index contributed by atoms with van der Waals surface area (Å²) in [5.74, 6) is 6.26. The molecular weight excluding hydrogens is 805 g/mol. The van der Waals surface area contributed by atoms with Crippen LogP contribution in [0.4, 0.5) is 11.4 Å². The molecule has 0 spiro atoms. The molecule has 1 aromatic heterocycles. The zero-order valence-electron chi connectivity index (χ0n) is 37.8. The van der Waals surface area contributed by atoms with Crippen LogP contribution in [0.5, 0.6) is 0 Å². The number of nitrogens with zero attached hydrogens (tertiary/aromatic N) is 2. The minimum atomic E-state index is -0.0667. The lowest BCUT2D eigenvalue weighted by molar-refractivity contribution is 0.145. The average Bonchev–Trinajstić information content (AvgIpc) is 3.57. The highest BCUT2D eigenvalue weighted by atomic mass is 32.2. The Morgan fingerprint density at radius 1 is 0.483 bits per heavy atom. The van der Waals surface area contributed by atoms with E-state index in [9.17, 15) is 0 Å². The van der Waals surface area contributed by atoms with Crippen molar-refractivity contribution in [2.45, 2.75) is 142 Å². The van der Waals surface area contributed by atoms with Crippen LogP contribution in [0.2, 0.25) is 0 Å². The molecule has 6 heteroatoms. The maximum Gasteiger partial charge on any atom is 0.0603 e. The van der Waals surface area contributed by atoms with Crippen LogP contribution in [0.25, 0.3) is 23.1 Å². The van der Waals surface area contributed by atoms with Crippen LogP contribution in [-0.4, -0.2) is 52.6 Å². The Morgan fingerprint density at radius 3 is 1.38 bits per heavy atom. The molecule has 318 valence electrons. The second kappa shape index (κ2) is 14.8. The summed E-state index contributed by atoms with van der Waals surface area (Å²) in [5.41, 5.74) is 7.31. The smallest absolute Gasteiger partial charge is 0.0603 e. The topological polar surface area (TPSA) is 8.17 Å². The second-order valence-electron chi connectivity index (χ2n) is 21.4. The highest BCUT2D eigenvalue weighted by Gasteiger charge is 2.64. The fraction of sp³-hybridized carbons (Fsp3) is 0.593. The highest BCUT2D eigenvalue weighted by molar-refractivity contribution is 8.09. The number of anilines is 2. The molecule has 7 aliphatic rings. The third-order valence-electron chi connectivity index (χ3n) is 18.3. The van der Waals surface area contributed by atoms with E-state index in [1.54, 1.807) is 0 Å². The van der Waals surface area contributed by atoms with E-state index in [-0.39, 0.29) is 5.41 Å². The van der Waals surface area contributed by atoms with Gasteiger partial charge < -0.3 is 9.47 Å². The molecule has 17 unspecified atom stereocenters. The van der Waals surface area contributed by atoms with E-state index < -0.39 is 0 Å². The number of aromatic nitrogens is 1. The first-order valence-corrected chi connectivity index (χ1v) is 27.5. The Bertz CT molecular complexity index is 2330. The molecule has 0 amide bonds. The summed E-state index contributed by atoms with van der Waals surface area (Å²) in [7, 11) is 0. The molecule has 3 aromatic carbocycles. The van der Waals surface area contributed by atoms with Crippen molar-refractivity contribution in [3.63, 3.8) is 0 Å². The van der Waals surface area contributed by atoms with Crippen molar-refractivity contribution in [3.8, 4) is 0 Å². The number of hydrogen-bond acceptors (Lipinski definition) is 5. The molecule has 5 fully saturated rings. The summed E-state index contributed by atoms with van der Waals surface area (Å²) in [5, 5.41) is 9.02. The number of hydrogen-bond donors (Lipinski definition) is 0. The lowest BCUT2D eigenvalue weighted by atomic mass is 9.68. The maximum absolute atomic E-state index is 3.00. The van der Waals surface area contributed by atoms with Crippen LogP contribution in [-0.2, 0) is 5.41 Å². The van der Waals surface area contributed by atoms with Gasteiger partial charge in [0, 0.05) is 80.3 Å². The van der Waals surface area contributed by atoms with E-state index in [0.717, 1.165) is 30.1 Å². The average molecular weight is 873 g/mol. The zero-order valence-corrected chi connectivity index (χ0v) is 41.1. The van der Waals surface area contributed by atoms with E-state index in [1.165, 1.54) is 44.0 Å². The Kier molecular flexibility index (Phi) is 10.1. The van der Waals surface area contributed by atoms with Gasteiger partial charge in [-0.15, -0.1) is 0 Å². The van der Waals surface area contributed by atoms with Crippen LogP contribution < -0.4 is 15.5 Å². The van der Waals surface area contributed by atoms with Crippen molar-refractivity contribution >= 4 is 81.5 Å². The monoisotopic (exact) mass is 872 g/mol. The van der Waals surface area contributed by atoms with Gasteiger partial charge in [0.1, 0.15) is 0 Å². The molecule has 60 heavy (non-hydrogen) atoms. The van der Waals surface area contributed by atoms with E-state index in [1.807, 2.05) is 0 Å². The molecule has 3 aliphatic heterocycles. The van der Waals surface area contributed by atoms with Crippen LogP contribution in [0.3, 0.4) is 0 Å². The first kappa shape index (κ1) is 40.9. The van der Waals surface area contributed by atoms with E-state index in [2.05, 4.69) is 218 Å². The third kappa shape index (κ3) is 5.76. The van der Waals surface area contributed by atoms with Gasteiger partial charge in [-0.05, 0) is 89.0 Å². The Balaban J connectivity index is 1.19. The first-order chi connectivity index (χ1) is 28.8. The lowest BCUT2D eigenvalue weighted by Gasteiger charge is -2.64. The number of rotatable bonds is 2. The largest absolute Gasteiger partial charge is 0.336 e. The predicted octanol–water partition coefficient (Wildman–Crippen LogP) is 12.7. The van der Waals surface area contributed by atoms with Crippen molar-refractivity contribution in [1.29, 1.82) is 0 Å². The molecule has 4 aromatic rings. The summed E-state index contributed by atoms with van der Waals surface area (Å²) in [6.45, 7) is 28.3. The maximum atomic E-state index is 3.00. The van der Waals surface area contributed by atoms with Gasteiger partial charge in [-0.25, -0.2) is 0 Å². The predicted molar refractivity (Wildman–Crippen MR) is 268 cm³/mol. The van der Waals surface area contributed by atoms with Crippen molar-refractivity contribution in [1.82, 2.24) is 4.57 Å². The molecule has 17 atom stereocenters. The van der Waals surface area contributed by atoms with Crippen molar-refractivity contribution in [3.05, 3.63) is 94.5 Å². The van der Waals surface area contributed by atoms with Crippen LogP contribution in [0.1, 0.15) is 99.8 Å². The van der Waals surface area contributed by atoms with Crippen LogP contribution in [0, 0.1) is 53.3 Å². The van der Waals surface area contributed by atoms with Crippen LogP contribution in [0.15, 0.2) is 72.8 Å². The van der Waals surface area contributed by atoms with Gasteiger partial charge in [0.15, 0.2) is 0 Å². The number of para-hydroxylation sites is 3. The molecule has 3 saturated carbocycles. The van der Waals surface area contributed by atoms with E-state index >= 15 is 0 Å². The molecule has 0 bridgehead atoms. The quantitative estimate of drug-likeness (QED) is 0.198. The SMILES string of the molecule is CC1C=c2c(c3ccccc3n2C2C3SC4C(C)C(C)C(C)C(C)C4SC3C(N3c4ccccc4C(C)(C)c4ccccc43)C3SC4C(C)C(C)C(C)C(C)C4SC32)=CC1. The Hall–Kier alpha value is -1.86. The van der Waals surface area contributed by atoms with Gasteiger partial charge in [-0.2, -0.15) is 47.0 Å². The van der Waals surface area contributed by atoms with E-state index in [4.69, 9.17) is 0 Å². The molecular formula is C54H68N2S4. The van der Waals surface area contributed by atoms with Crippen molar-refractivity contribution < 1.29 is 0 Å². The number of thioether (sulfide) groups is 4. The summed E-state index contributed by atoms with van der Waals surface area (Å²) in [4.78, 5) is 2.99. The van der Waals surface area contributed by atoms with Gasteiger partial charge in [-0.3, -0.25) is 0 Å². The number of fused-ring (bicyclic) bond motifs is 9. The fourth-order valence-electron chi connectivity index (χ4n) is 13.9. The molecule has 4 heterocycles. The Morgan fingerprint density at radius 2 is 0.900 bits per heavy atom. The molecule has 2 saturated heterocycles. The molecule has 2 nitrogen and oxygen atoms in total. The van der Waals surface area contributed by atoms with Gasteiger partial charge in [0.05, 0.1) is 12.1 Å². The summed E-state index contributed by atoms with van der Waals surface area (Å²) in [6, 6.07) is 29.5. The summed E-state index contributed by atoms with van der Waals surface area (Å²) < 4.78 is 3.00. The van der Waals surface area contributed by atoms with Gasteiger partial charge in [0.25, 0.3) is 0 Å². The highest BCUT2D eigenvalue weighted by Crippen LogP contribution is 2.67. The van der Waals surface area contributed by atoms with Gasteiger partial charge >= 0.3 is 0 Å². The van der Waals surface area contributed by atoms with Crippen molar-refractivity contribution in [2.75, 3.05) is 4.90 Å². The van der Waals surface area contributed by atoms with Gasteiger partial charge in [-0.1, -0.05) is 143 Å². The fourth-order valence-corrected chi connectivity index (χ4v) is 23.7. The summed E-state index contributed by atoms with van der Waals surface area (Å²) >= 11 is 9.94. The van der Waals surface area contributed by atoms with Crippen molar-refractivity contribution in [2.24, 2.45) is 53.3 Å². The Labute approximate surface area is 378 Å². The van der Waals surface area contributed by atoms with E-state index in [0.29, 0.717) is 83.7 Å². The van der Waals surface area contributed by atoms with Crippen LogP contribution >= 0.6 is 47.0 Å². The lowest BCUT2D eigenvalue weighted by Crippen LogP contribution is -2.69. The second-order valence-corrected chi connectivity index (χ2v) is 26.9. The van der Waals surface area contributed by atoms with Gasteiger partial charge in [0.2, 0.25) is 0 Å². The molecule has 0 radical (unpaired) electrons. The zero-order chi connectivity index (χ0) is 41.7. The number of benzene rings is 3. The third-order valence-corrected chi connectivity index (χ3v) is 26.7. The normalized spacial score (nSPS) is 43.8. The molecule has 11 rings (SSSR count). The first-order valence-electron chi connectivity index (χ1n) is 23.7. The minimum Gasteiger partial charge on any atom is -0.336 e. The summed E-state index contributed by atoms with van der Waals surface area (Å²) in [6.07, 6.45) is 6.42.